The number of carbonyl (C=O) groups is 1. The Hall–Kier alpha value is -3.94. The number of ether oxygens (including phenoxy) is 2. The van der Waals surface area contributed by atoms with Gasteiger partial charge in [0, 0.05) is 31.1 Å². The second-order valence-electron chi connectivity index (χ2n) is 7.92. The van der Waals surface area contributed by atoms with Gasteiger partial charge < -0.3 is 9.47 Å². The maximum atomic E-state index is 13.5. The first-order valence-corrected chi connectivity index (χ1v) is 10.1. The summed E-state index contributed by atoms with van der Waals surface area (Å²) in [6.45, 7) is 0. The fourth-order valence-corrected chi connectivity index (χ4v) is 4.77. The molecule has 0 N–H and O–H groups in total. The van der Waals surface area contributed by atoms with E-state index in [2.05, 4.69) is 0 Å². The highest BCUT2D eigenvalue weighted by molar-refractivity contribution is 6.30. The predicted octanol–water partition coefficient (Wildman–Crippen LogP) is 2.18. The molecule has 0 saturated carbocycles. The SMILES string of the molecule is COc1ccc([C@@H]2c3c(n(C)c(=O)n(C)c3=O)N=C3c4ccccc4C(=O)[C@H]32)cc1OC. The van der Waals surface area contributed by atoms with Crippen molar-refractivity contribution < 1.29 is 14.3 Å². The van der Waals surface area contributed by atoms with Gasteiger partial charge in [-0.3, -0.25) is 18.7 Å². The molecule has 32 heavy (non-hydrogen) atoms. The standard InChI is InChI=1S/C24H21N3O5/c1-26-22-19(23(29)27(2)24(26)30)17(12-9-10-15(31-3)16(11-12)32-4)18-20(25-22)13-7-5-6-8-14(13)21(18)28/h5-11,17-18H,1-4H3/t17-,18-/m0/s1. The van der Waals surface area contributed by atoms with Gasteiger partial charge in [-0.1, -0.05) is 30.3 Å². The van der Waals surface area contributed by atoms with Crippen LogP contribution in [-0.4, -0.2) is 34.8 Å². The number of hydrogen-bond donors (Lipinski definition) is 0. The number of fused-ring (bicyclic) bond motifs is 4. The zero-order valence-corrected chi connectivity index (χ0v) is 18.1. The number of carbonyl (C=O) groups excluding carboxylic acids is 1. The molecule has 0 amide bonds. The molecule has 0 saturated heterocycles. The van der Waals surface area contributed by atoms with Crippen LogP contribution in [0.15, 0.2) is 57.0 Å². The molecule has 2 aromatic carbocycles. The van der Waals surface area contributed by atoms with Gasteiger partial charge in [0.15, 0.2) is 17.3 Å². The van der Waals surface area contributed by atoms with Gasteiger partial charge in [0.25, 0.3) is 5.56 Å². The van der Waals surface area contributed by atoms with E-state index in [9.17, 15) is 14.4 Å². The molecule has 1 aromatic heterocycles. The number of aromatic nitrogens is 2. The number of methoxy groups -OCH3 is 2. The van der Waals surface area contributed by atoms with Crippen LogP contribution in [0.3, 0.4) is 0 Å². The molecule has 8 heteroatoms. The molecule has 2 atom stereocenters. The average molecular weight is 431 g/mol. The van der Waals surface area contributed by atoms with Crippen molar-refractivity contribution in [1.82, 2.24) is 9.13 Å². The van der Waals surface area contributed by atoms with Crippen LogP contribution in [0.2, 0.25) is 0 Å². The number of benzene rings is 2. The van der Waals surface area contributed by atoms with E-state index >= 15 is 0 Å². The van der Waals surface area contributed by atoms with E-state index in [1.807, 2.05) is 24.3 Å². The second-order valence-corrected chi connectivity index (χ2v) is 7.92. The summed E-state index contributed by atoms with van der Waals surface area (Å²) < 4.78 is 13.2. The Bertz CT molecular complexity index is 1450. The Labute approximate surface area is 183 Å². The van der Waals surface area contributed by atoms with Gasteiger partial charge in [-0.2, -0.15) is 0 Å². The van der Waals surface area contributed by atoms with Crippen molar-refractivity contribution in [2.24, 2.45) is 25.0 Å². The smallest absolute Gasteiger partial charge is 0.332 e. The van der Waals surface area contributed by atoms with Crippen molar-refractivity contribution in [3.63, 3.8) is 0 Å². The number of hydrogen-bond acceptors (Lipinski definition) is 6. The van der Waals surface area contributed by atoms with E-state index in [-0.39, 0.29) is 11.6 Å². The highest BCUT2D eigenvalue weighted by Crippen LogP contribution is 2.47. The van der Waals surface area contributed by atoms with Crippen molar-refractivity contribution in [2.45, 2.75) is 5.92 Å². The van der Waals surface area contributed by atoms with Crippen molar-refractivity contribution in [3.8, 4) is 11.5 Å². The molecule has 162 valence electrons. The summed E-state index contributed by atoms with van der Waals surface area (Å²) >= 11 is 0. The first-order valence-electron chi connectivity index (χ1n) is 10.1. The van der Waals surface area contributed by atoms with E-state index in [4.69, 9.17) is 14.5 Å². The van der Waals surface area contributed by atoms with Gasteiger partial charge in [-0.25, -0.2) is 9.79 Å². The monoisotopic (exact) mass is 431 g/mol. The molecule has 1 aliphatic carbocycles. The number of nitrogens with zero attached hydrogens (tertiary/aromatic N) is 3. The van der Waals surface area contributed by atoms with E-state index in [1.54, 1.807) is 32.4 Å². The number of aliphatic imine (C=N–C) groups is 1. The summed E-state index contributed by atoms with van der Waals surface area (Å²) in [6, 6.07) is 12.6. The van der Waals surface area contributed by atoms with Crippen molar-refractivity contribution in [1.29, 1.82) is 0 Å². The van der Waals surface area contributed by atoms with E-state index in [0.717, 1.165) is 10.1 Å². The number of Topliss-reactive ketones (excluding diaryl/α,β-unsaturated/α-hetero) is 1. The molecule has 0 bridgehead atoms. The third-order valence-corrected chi connectivity index (χ3v) is 6.35. The quantitative estimate of drug-likeness (QED) is 0.634. The lowest BCUT2D eigenvalue weighted by Crippen LogP contribution is -2.43. The molecule has 2 aliphatic rings. The minimum atomic E-state index is -0.678. The Balaban J connectivity index is 1.87. The molecule has 1 aliphatic heterocycles. The molecule has 0 fully saturated rings. The van der Waals surface area contributed by atoms with Crippen LogP contribution in [-0.2, 0) is 14.1 Å². The van der Waals surface area contributed by atoms with Gasteiger partial charge in [0.2, 0.25) is 0 Å². The summed E-state index contributed by atoms with van der Waals surface area (Å²) in [7, 11) is 6.09. The molecule has 5 rings (SSSR count). The summed E-state index contributed by atoms with van der Waals surface area (Å²) in [4.78, 5) is 44.2. The molecule has 0 spiro atoms. The minimum Gasteiger partial charge on any atom is -0.493 e. The second kappa shape index (κ2) is 7.05. The van der Waals surface area contributed by atoms with Crippen LogP contribution in [0.5, 0.6) is 11.5 Å². The maximum absolute atomic E-state index is 13.5. The minimum absolute atomic E-state index is 0.0966. The summed E-state index contributed by atoms with van der Waals surface area (Å²) in [5.74, 6) is -0.115. The van der Waals surface area contributed by atoms with Gasteiger partial charge in [0.1, 0.15) is 5.82 Å². The Kier molecular flexibility index (Phi) is 4.40. The van der Waals surface area contributed by atoms with Crippen molar-refractivity contribution >= 4 is 17.3 Å². The predicted molar refractivity (Wildman–Crippen MR) is 119 cm³/mol. The molecule has 0 radical (unpaired) electrons. The fraction of sp³-hybridized carbons (Fsp3) is 0.250. The normalized spacial score (nSPS) is 18.5. The molecule has 2 heterocycles. The first-order chi connectivity index (χ1) is 15.4. The molecule has 0 unspecified atom stereocenters. The Morgan fingerprint density at radius 3 is 2.22 bits per heavy atom. The van der Waals surface area contributed by atoms with Gasteiger partial charge >= 0.3 is 5.69 Å². The van der Waals surface area contributed by atoms with Crippen LogP contribution in [0, 0.1) is 5.92 Å². The third kappa shape index (κ3) is 2.55. The van der Waals surface area contributed by atoms with E-state index < -0.39 is 23.1 Å². The van der Waals surface area contributed by atoms with Crippen molar-refractivity contribution in [2.75, 3.05) is 14.2 Å². The summed E-state index contributed by atoms with van der Waals surface area (Å²) in [6.07, 6.45) is 0. The van der Waals surface area contributed by atoms with E-state index in [0.29, 0.717) is 33.9 Å². The molecular formula is C24H21N3O5. The highest BCUT2D eigenvalue weighted by Gasteiger charge is 2.47. The third-order valence-electron chi connectivity index (χ3n) is 6.35. The summed E-state index contributed by atoms with van der Waals surface area (Å²) in [5.41, 5.74) is 1.95. The Morgan fingerprint density at radius 1 is 0.844 bits per heavy atom. The number of rotatable bonds is 3. The van der Waals surface area contributed by atoms with Gasteiger partial charge in [-0.15, -0.1) is 0 Å². The molecular weight excluding hydrogens is 410 g/mol. The zero-order valence-electron chi connectivity index (χ0n) is 18.1. The fourth-order valence-electron chi connectivity index (χ4n) is 4.77. The largest absolute Gasteiger partial charge is 0.493 e. The van der Waals surface area contributed by atoms with Crippen LogP contribution in [0.25, 0.3) is 0 Å². The summed E-state index contributed by atoms with van der Waals surface area (Å²) in [5, 5.41) is 0. The van der Waals surface area contributed by atoms with Crippen LogP contribution >= 0.6 is 0 Å². The number of ketones is 1. The van der Waals surface area contributed by atoms with Crippen molar-refractivity contribution in [3.05, 3.63) is 85.6 Å². The van der Waals surface area contributed by atoms with Crippen LogP contribution < -0.4 is 20.7 Å². The van der Waals surface area contributed by atoms with Crippen LogP contribution in [0.4, 0.5) is 5.82 Å². The zero-order chi connectivity index (χ0) is 22.7. The lowest BCUT2D eigenvalue weighted by molar-refractivity contribution is 0.0953. The lowest BCUT2D eigenvalue weighted by Gasteiger charge is -2.30. The Morgan fingerprint density at radius 2 is 1.53 bits per heavy atom. The highest BCUT2D eigenvalue weighted by atomic mass is 16.5. The van der Waals surface area contributed by atoms with Gasteiger partial charge in [-0.05, 0) is 17.7 Å². The molecule has 8 nitrogen and oxygen atoms in total. The maximum Gasteiger partial charge on any atom is 0.332 e. The lowest BCUT2D eigenvalue weighted by atomic mass is 9.76. The molecule has 3 aromatic rings. The van der Waals surface area contributed by atoms with Crippen LogP contribution in [0.1, 0.15) is 33.0 Å². The average Bonchev–Trinajstić information content (AvgIpc) is 3.11. The topological polar surface area (TPSA) is 91.9 Å². The first kappa shape index (κ1) is 20.0. The van der Waals surface area contributed by atoms with E-state index in [1.165, 1.54) is 18.7 Å². The van der Waals surface area contributed by atoms with Gasteiger partial charge in [0.05, 0.1) is 31.4 Å².